The van der Waals surface area contributed by atoms with Crippen molar-refractivity contribution in [3.63, 3.8) is 0 Å². The molecule has 0 N–H and O–H groups in total. The molecule has 0 radical (unpaired) electrons. The van der Waals surface area contributed by atoms with Crippen molar-refractivity contribution in [2.24, 2.45) is 5.92 Å². The van der Waals surface area contributed by atoms with Crippen LogP contribution in [0.4, 0.5) is 4.39 Å². The van der Waals surface area contributed by atoms with Crippen molar-refractivity contribution in [2.45, 2.75) is 46.1 Å². The molecular formula is C27H30FN3O2. The summed E-state index contributed by atoms with van der Waals surface area (Å²) in [6, 6.07) is 12.5. The van der Waals surface area contributed by atoms with Crippen LogP contribution in [-0.2, 0) is 0 Å². The predicted molar refractivity (Wildman–Crippen MR) is 127 cm³/mol. The molecular weight excluding hydrogens is 417 g/mol. The molecule has 0 saturated carbocycles. The lowest BCUT2D eigenvalue weighted by Crippen LogP contribution is -2.41. The van der Waals surface area contributed by atoms with E-state index in [1.165, 1.54) is 6.07 Å². The summed E-state index contributed by atoms with van der Waals surface area (Å²) in [6.07, 6.45) is 6.34. The number of rotatable bonds is 5. The number of hydrogen-bond donors (Lipinski definition) is 0. The molecule has 1 aliphatic rings. The van der Waals surface area contributed by atoms with Gasteiger partial charge in [0.1, 0.15) is 11.6 Å². The molecule has 2 heterocycles. The summed E-state index contributed by atoms with van der Waals surface area (Å²) in [6.45, 7) is 6.93. The molecule has 2 aromatic carbocycles. The second kappa shape index (κ2) is 10.1. The maximum absolute atomic E-state index is 13.8. The van der Waals surface area contributed by atoms with Gasteiger partial charge in [0.2, 0.25) is 0 Å². The van der Waals surface area contributed by atoms with Crippen LogP contribution in [-0.4, -0.2) is 40.0 Å². The fourth-order valence-corrected chi connectivity index (χ4v) is 4.37. The molecule has 1 saturated heterocycles. The molecule has 5 nitrogen and oxygen atoms in total. The highest BCUT2D eigenvalue weighted by molar-refractivity contribution is 6.00. The van der Waals surface area contributed by atoms with Gasteiger partial charge in [-0.25, -0.2) is 14.4 Å². The molecule has 2 atom stereocenters. The topological polar surface area (TPSA) is 55.3 Å². The SMILES string of the molecule is Cc1ccc(-c2ncccn2)c(C(=O)N2CC(COc3ccc(F)c(C)c3)CCCC2C)c1. The van der Waals surface area contributed by atoms with Crippen molar-refractivity contribution in [3.8, 4) is 17.1 Å². The van der Waals surface area contributed by atoms with Gasteiger partial charge in [-0.05, 0) is 69.5 Å². The number of ether oxygens (including phenoxy) is 1. The number of carbonyl (C=O) groups excluding carboxylic acids is 1. The third kappa shape index (κ3) is 5.38. The van der Waals surface area contributed by atoms with Gasteiger partial charge in [-0.3, -0.25) is 4.79 Å². The summed E-state index contributed by atoms with van der Waals surface area (Å²) >= 11 is 0. The predicted octanol–water partition coefficient (Wildman–Crippen LogP) is 5.61. The van der Waals surface area contributed by atoms with Crippen LogP contribution in [0.3, 0.4) is 0 Å². The normalized spacial score (nSPS) is 18.6. The van der Waals surface area contributed by atoms with Gasteiger partial charge in [-0.2, -0.15) is 0 Å². The van der Waals surface area contributed by atoms with Crippen LogP contribution in [0.15, 0.2) is 54.9 Å². The van der Waals surface area contributed by atoms with Gasteiger partial charge in [0.25, 0.3) is 5.91 Å². The van der Waals surface area contributed by atoms with Crippen molar-refractivity contribution in [1.29, 1.82) is 0 Å². The van der Waals surface area contributed by atoms with Crippen LogP contribution in [0, 0.1) is 25.6 Å². The first-order valence-electron chi connectivity index (χ1n) is 11.5. The van der Waals surface area contributed by atoms with Crippen molar-refractivity contribution >= 4 is 5.91 Å². The number of likely N-dealkylation sites (tertiary alicyclic amines) is 1. The Morgan fingerprint density at radius 2 is 1.91 bits per heavy atom. The van der Waals surface area contributed by atoms with E-state index in [9.17, 15) is 9.18 Å². The first kappa shape index (κ1) is 22.9. The Kier molecular flexibility index (Phi) is 7.02. The number of hydrogen-bond acceptors (Lipinski definition) is 4. The van der Waals surface area contributed by atoms with Gasteiger partial charge in [-0.15, -0.1) is 0 Å². The van der Waals surface area contributed by atoms with Gasteiger partial charge >= 0.3 is 0 Å². The fourth-order valence-electron chi connectivity index (χ4n) is 4.37. The monoisotopic (exact) mass is 447 g/mol. The van der Waals surface area contributed by atoms with Crippen molar-refractivity contribution in [3.05, 3.63) is 77.4 Å². The zero-order chi connectivity index (χ0) is 23.4. The molecule has 4 rings (SSSR count). The second-order valence-electron chi connectivity index (χ2n) is 8.95. The molecule has 0 aliphatic carbocycles. The van der Waals surface area contributed by atoms with Crippen LogP contribution in [0.1, 0.15) is 47.7 Å². The highest BCUT2D eigenvalue weighted by atomic mass is 19.1. The molecule has 172 valence electrons. The average molecular weight is 448 g/mol. The summed E-state index contributed by atoms with van der Waals surface area (Å²) in [5, 5.41) is 0. The van der Waals surface area contributed by atoms with E-state index >= 15 is 0 Å². The Hall–Kier alpha value is -3.28. The van der Waals surface area contributed by atoms with Gasteiger partial charge in [0, 0.05) is 36.5 Å². The number of halogens is 1. The quantitative estimate of drug-likeness (QED) is 0.510. The molecule has 0 bridgehead atoms. The van der Waals surface area contributed by atoms with E-state index in [0.29, 0.717) is 35.9 Å². The molecule has 1 aromatic heterocycles. The summed E-state index contributed by atoms with van der Waals surface area (Å²) in [7, 11) is 0. The smallest absolute Gasteiger partial charge is 0.254 e. The van der Waals surface area contributed by atoms with Gasteiger partial charge in [-0.1, -0.05) is 24.1 Å². The number of aryl methyl sites for hydroxylation is 2. The summed E-state index contributed by atoms with van der Waals surface area (Å²) in [5.41, 5.74) is 2.96. The van der Waals surface area contributed by atoms with Gasteiger partial charge in [0.05, 0.1) is 12.2 Å². The maximum atomic E-state index is 13.8. The minimum Gasteiger partial charge on any atom is -0.493 e. The van der Waals surface area contributed by atoms with E-state index in [4.69, 9.17) is 4.74 Å². The molecule has 1 amide bonds. The Bertz CT molecular complexity index is 1120. The van der Waals surface area contributed by atoms with E-state index in [1.54, 1.807) is 37.5 Å². The largest absolute Gasteiger partial charge is 0.493 e. The lowest BCUT2D eigenvalue weighted by Gasteiger charge is -2.30. The lowest BCUT2D eigenvalue weighted by atomic mass is 10.0. The zero-order valence-corrected chi connectivity index (χ0v) is 19.4. The molecule has 33 heavy (non-hydrogen) atoms. The van der Waals surface area contributed by atoms with Crippen molar-refractivity contribution < 1.29 is 13.9 Å². The second-order valence-corrected chi connectivity index (χ2v) is 8.95. The Labute approximate surface area is 194 Å². The summed E-state index contributed by atoms with van der Waals surface area (Å²) in [4.78, 5) is 24.5. The Morgan fingerprint density at radius 3 is 2.67 bits per heavy atom. The standard InChI is InChI=1S/C27H30FN3O2/c1-18-8-10-23(26-29-12-5-13-30-26)24(14-18)27(32)31-16-21(7-4-6-20(31)3)17-33-22-9-11-25(28)19(2)15-22/h5,8-15,20-21H,4,6-7,16-17H2,1-3H3. The summed E-state index contributed by atoms with van der Waals surface area (Å²) < 4.78 is 19.6. The number of carbonyl (C=O) groups is 1. The van der Waals surface area contributed by atoms with Crippen molar-refractivity contribution in [2.75, 3.05) is 13.2 Å². The number of aromatic nitrogens is 2. The number of amides is 1. The Morgan fingerprint density at radius 1 is 1.12 bits per heavy atom. The van der Waals surface area contributed by atoms with Gasteiger partial charge in [0.15, 0.2) is 5.82 Å². The van der Waals surface area contributed by atoms with Crippen LogP contribution in [0.25, 0.3) is 11.4 Å². The number of benzene rings is 2. The first-order valence-corrected chi connectivity index (χ1v) is 11.5. The van der Waals surface area contributed by atoms with E-state index in [1.807, 2.05) is 30.0 Å². The average Bonchev–Trinajstić information content (AvgIpc) is 3.01. The fraction of sp³-hybridized carbons (Fsp3) is 0.370. The van der Waals surface area contributed by atoms with Crippen LogP contribution >= 0.6 is 0 Å². The zero-order valence-electron chi connectivity index (χ0n) is 19.4. The van der Waals surface area contributed by atoms with E-state index in [0.717, 1.165) is 30.4 Å². The molecule has 0 spiro atoms. The summed E-state index contributed by atoms with van der Waals surface area (Å²) in [5.74, 6) is 1.17. The number of nitrogens with zero attached hydrogens (tertiary/aromatic N) is 3. The first-order chi connectivity index (χ1) is 15.9. The lowest BCUT2D eigenvalue weighted by molar-refractivity contribution is 0.0655. The molecule has 1 fully saturated rings. The molecule has 3 aromatic rings. The third-order valence-electron chi connectivity index (χ3n) is 6.31. The van der Waals surface area contributed by atoms with Crippen LogP contribution in [0.5, 0.6) is 5.75 Å². The van der Waals surface area contributed by atoms with Crippen LogP contribution < -0.4 is 4.74 Å². The van der Waals surface area contributed by atoms with Gasteiger partial charge < -0.3 is 9.64 Å². The third-order valence-corrected chi connectivity index (χ3v) is 6.31. The molecule has 1 aliphatic heterocycles. The molecule has 2 unspecified atom stereocenters. The highest BCUT2D eigenvalue weighted by Gasteiger charge is 2.30. The minimum atomic E-state index is -0.237. The molecule has 6 heteroatoms. The Balaban J connectivity index is 1.55. The maximum Gasteiger partial charge on any atom is 0.254 e. The minimum absolute atomic E-state index is 0.00169. The van der Waals surface area contributed by atoms with E-state index in [2.05, 4.69) is 16.9 Å². The van der Waals surface area contributed by atoms with Crippen LogP contribution in [0.2, 0.25) is 0 Å². The van der Waals surface area contributed by atoms with E-state index < -0.39 is 0 Å². The van der Waals surface area contributed by atoms with E-state index in [-0.39, 0.29) is 23.7 Å². The van der Waals surface area contributed by atoms with Crippen molar-refractivity contribution in [1.82, 2.24) is 14.9 Å². The highest BCUT2D eigenvalue weighted by Crippen LogP contribution is 2.28.